The van der Waals surface area contributed by atoms with E-state index in [2.05, 4.69) is 15.5 Å². The number of amides is 1. The molecule has 32 heavy (non-hydrogen) atoms. The summed E-state index contributed by atoms with van der Waals surface area (Å²) in [7, 11) is 0. The molecule has 1 N–H and O–H groups in total. The lowest BCUT2D eigenvalue weighted by atomic mass is 10.2. The van der Waals surface area contributed by atoms with Crippen molar-refractivity contribution in [3.63, 3.8) is 0 Å². The molecule has 1 aromatic heterocycles. The number of nitrogens with one attached hydrogen (secondary N) is 1. The number of carbonyl (C=O) groups is 1. The maximum Gasteiger partial charge on any atom is 0.234 e. The van der Waals surface area contributed by atoms with Crippen molar-refractivity contribution in [3.05, 3.63) is 54.3 Å². The lowest BCUT2D eigenvalue weighted by molar-refractivity contribution is -0.113. The largest absolute Gasteiger partial charge is 0.494 e. The molecule has 0 saturated carbocycles. The minimum Gasteiger partial charge on any atom is -0.494 e. The molecule has 1 aliphatic heterocycles. The molecule has 1 amide bonds. The number of hydrogen-bond donors (Lipinski definition) is 1. The van der Waals surface area contributed by atoms with Gasteiger partial charge in [0.15, 0.2) is 11.0 Å². The van der Waals surface area contributed by atoms with Gasteiger partial charge >= 0.3 is 0 Å². The third kappa shape index (κ3) is 5.66. The van der Waals surface area contributed by atoms with Crippen molar-refractivity contribution in [1.29, 1.82) is 0 Å². The van der Waals surface area contributed by atoms with Crippen molar-refractivity contribution < 1.29 is 18.7 Å². The third-order valence-electron chi connectivity index (χ3n) is 5.01. The number of thioether (sulfide) groups is 1. The van der Waals surface area contributed by atoms with Crippen LogP contribution in [-0.4, -0.2) is 45.7 Å². The molecule has 2 heterocycles. The maximum absolute atomic E-state index is 13.4. The first kappa shape index (κ1) is 22.3. The Labute approximate surface area is 190 Å². The zero-order valence-corrected chi connectivity index (χ0v) is 18.6. The number of ether oxygens (including phenoxy) is 2. The van der Waals surface area contributed by atoms with Gasteiger partial charge in [0, 0.05) is 17.9 Å². The number of halogens is 1. The second-order valence-corrected chi connectivity index (χ2v) is 8.30. The summed E-state index contributed by atoms with van der Waals surface area (Å²) in [5.74, 6) is 1.12. The zero-order chi connectivity index (χ0) is 22.3. The molecular weight excluding hydrogens is 431 g/mol. The maximum atomic E-state index is 13.4. The summed E-state index contributed by atoms with van der Waals surface area (Å²) in [6.45, 7) is 3.84. The molecule has 1 saturated heterocycles. The Morgan fingerprint density at radius 1 is 1.22 bits per heavy atom. The Morgan fingerprint density at radius 3 is 2.69 bits per heavy atom. The molecule has 0 radical (unpaired) electrons. The van der Waals surface area contributed by atoms with Gasteiger partial charge in [0.1, 0.15) is 11.6 Å². The third-order valence-corrected chi connectivity index (χ3v) is 5.98. The van der Waals surface area contributed by atoms with Gasteiger partial charge in [0.25, 0.3) is 0 Å². The van der Waals surface area contributed by atoms with Crippen molar-refractivity contribution in [1.82, 2.24) is 14.8 Å². The first-order valence-corrected chi connectivity index (χ1v) is 11.6. The number of anilines is 1. The van der Waals surface area contributed by atoms with Crippen LogP contribution < -0.4 is 10.1 Å². The van der Waals surface area contributed by atoms with Gasteiger partial charge in [-0.2, -0.15) is 0 Å². The number of benzene rings is 2. The van der Waals surface area contributed by atoms with Crippen LogP contribution in [0.3, 0.4) is 0 Å². The first-order valence-electron chi connectivity index (χ1n) is 10.6. The molecule has 1 aliphatic rings. The Kier molecular flexibility index (Phi) is 7.39. The molecule has 1 fully saturated rings. The molecule has 0 unspecified atom stereocenters. The van der Waals surface area contributed by atoms with Gasteiger partial charge in [-0.3, -0.25) is 9.36 Å². The van der Waals surface area contributed by atoms with Crippen molar-refractivity contribution in [2.75, 3.05) is 24.3 Å². The summed E-state index contributed by atoms with van der Waals surface area (Å²) in [4.78, 5) is 12.5. The second kappa shape index (κ2) is 10.6. The molecule has 7 nitrogen and oxygen atoms in total. The van der Waals surface area contributed by atoms with Crippen LogP contribution in [0.15, 0.2) is 53.7 Å². The fraction of sp³-hybridized carbons (Fsp3) is 0.348. The lowest BCUT2D eigenvalue weighted by Crippen LogP contribution is -2.18. The van der Waals surface area contributed by atoms with Crippen LogP contribution in [0.5, 0.6) is 5.75 Å². The van der Waals surface area contributed by atoms with Gasteiger partial charge in [0.2, 0.25) is 5.91 Å². The number of aromatic nitrogens is 3. The molecule has 0 aliphatic carbocycles. The Morgan fingerprint density at radius 2 is 2.00 bits per heavy atom. The lowest BCUT2D eigenvalue weighted by Gasteiger charge is -2.14. The molecule has 9 heteroatoms. The molecule has 2 aromatic carbocycles. The van der Waals surface area contributed by atoms with E-state index >= 15 is 0 Å². The monoisotopic (exact) mass is 456 g/mol. The summed E-state index contributed by atoms with van der Waals surface area (Å²) in [5, 5.41) is 12.1. The fourth-order valence-corrected chi connectivity index (χ4v) is 4.24. The normalized spacial score (nSPS) is 15.6. The molecular formula is C23H25FN4O3S. The van der Waals surface area contributed by atoms with Gasteiger partial charge in [-0.25, -0.2) is 4.39 Å². The van der Waals surface area contributed by atoms with Crippen molar-refractivity contribution >= 4 is 23.4 Å². The minimum atomic E-state index is -0.306. The highest BCUT2D eigenvalue weighted by Gasteiger charge is 2.22. The molecule has 0 spiro atoms. The number of hydrogen-bond acceptors (Lipinski definition) is 6. The predicted octanol–water partition coefficient (Wildman–Crippen LogP) is 4.39. The van der Waals surface area contributed by atoms with E-state index in [1.54, 1.807) is 24.3 Å². The van der Waals surface area contributed by atoms with Gasteiger partial charge in [-0.05, 0) is 68.3 Å². The van der Waals surface area contributed by atoms with Crippen LogP contribution in [0, 0.1) is 5.82 Å². The molecule has 0 bridgehead atoms. The Bertz CT molecular complexity index is 1030. The zero-order valence-electron chi connectivity index (χ0n) is 17.8. The van der Waals surface area contributed by atoms with Gasteiger partial charge in [0.05, 0.1) is 25.0 Å². The van der Waals surface area contributed by atoms with Gasteiger partial charge < -0.3 is 14.8 Å². The minimum absolute atomic E-state index is 0.0715. The summed E-state index contributed by atoms with van der Waals surface area (Å²) >= 11 is 1.31. The quantitative estimate of drug-likeness (QED) is 0.481. The van der Waals surface area contributed by atoms with Crippen molar-refractivity contribution in [2.24, 2.45) is 0 Å². The SMILES string of the molecule is CCOc1ccc(NC(=O)CSc2nnc(-c3ccc(F)cc3)n2C[C@@H]2CCCO2)cc1. The van der Waals surface area contributed by atoms with Gasteiger partial charge in [-0.15, -0.1) is 10.2 Å². The van der Waals surface area contributed by atoms with Crippen molar-refractivity contribution in [3.8, 4) is 17.1 Å². The van der Waals surface area contributed by atoms with Gasteiger partial charge in [-0.1, -0.05) is 11.8 Å². The average Bonchev–Trinajstić information content (AvgIpc) is 3.45. The van der Waals surface area contributed by atoms with E-state index in [0.717, 1.165) is 30.8 Å². The highest BCUT2D eigenvalue weighted by atomic mass is 32.2. The van der Waals surface area contributed by atoms with Crippen LogP contribution in [-0.2, 0) is 16.1 Å². The van der Waals surface area contributed by atoms with Crippen LogP contribution >= 0.6 is 11.8 Å². The molecule has 4 rings (SSSR count). The summed E-state index contributed by atoms with van der Waals surface area (Å²) in [6, 6.07) is 13.4. The molecule has 3 aromatic rings. The number of nitrogens with zero attached hydrogens (tertiary/aromatic N) is 3. The van der Waals surface area contributed by atoms with Crippen LogP contribution in [0.25, 0.3) is 11.4 Å². The van der Waals surface area contributed by atoms with E-state index < -0.39 is 0 Å². The smallest absolute Gasteiger partial charge is 0.234 e. The van der Waals surface area contributed by atoms with Crippen molar-refractivity contribution in [2.45, 2.75) is 37.6 Å². The highest BCUT2D eigenvalue weighted by molar-refractivity contribution is 7.99. The van der Waals surface area contributed by atoms with Crippen LogP contribution in [0.4, 0.5) is 10.1 Å². The fourth-order valence-electron chi connectivity index (χ4n) is 3.49. The summed E-state index contributed by atoms with van der Waals surface area (Å²) in [6.07, 6.45) is 2.05. The predicted molar refractivity (Wildman–Crippen MR) is 121 cm³/mol. The molecule has 1 atom stereocenters. The number of carbonyl (C=O) groups excluding carboxylic acids is 1. The van der Waals surface area contributed by atoms with Crippen LogP contribution in [0.1, 0.15) is 19.8 Å². The second-order valence-electron chi connectivity index (χ2n) is 7.35. The van der Waals surface area contributed by atoms with E-state index in [4.69, 9.17) is 9.47 Å². The highest BCUT2D eigenvalue weighted by Crippen LogP contribution is 2.27. The topological polar surface area (TPSA) is 78.3 Å². The van der Waals surface area contributed by atoms with E-state index in [9.17, 15) is 9.18 Å². The van der Waals surface area contributed by atoms with E-state index in [0.29, 0.717) is 29.8 Å². The van der Waals surface area contributed by atoms with E-state index in [1.165, 1.54) is 23.9 Å². The van der Waals surface area contributed by atoms with E-state index in [1.807, 2.05) is 23.6 Å². The Hall–Kier alpha value is -2.91. The first-order chi connectivity index (χ1) is 15.6. The average molecular weight is 457 g/mol. The summed E-state index contributed by atoms with van der Waals surface area (Å²) < 4.78 is 26.5. The standard InChI is InChI=1S/C23H25FN4O3S/c1-2-30-19-11-9-18(10-12-19)25-21(29)15-32-23-27-26-22(16-5-7-17(24)8-6-16)28(23)14-20-4-3-13-31-20/h5-12,20H,2-4,13-15H2,1H3,(H,25,29)/t20-/m0/s1. The Balaban J connectivity index is 1.44. The number of rotatable bonds is 9. The molecule has 168 valence electrons. The van der Waals surface area contributed by atoms with Crippen LogP contribution in [0.2, 0.25) is 0 Å². The summed E-state index contributed by atoms with van der Waals surface area (Å²) in [5.41, 5.74) is 1.47. The van der Waals surface area contributed by atoms with E-state index in [-0.39, 0.29) is 23.6 Å².